The summed E-state index contributed by atoms with van der Waals surface area (Å²) in [5.74, 6) is 2.40. The van der Waals surface area contributed by atoms with E-state index >= 15 is 0 Å². The number of ketones is 3. The number of aryl methyl sites for hydroxylation is 1. The Hall–Kier alpha value is -7.19. The summed E-state index contributed by atoms with van der Waals surface area (Å²) in [5.41, 5.74) is 4.46. The number of Topliss-reactive ketones (excluding diaryl/α,β-unsaturated/α-hetero) is 2. The molecule has 0 radical (unpaired) electrons. The molecule has 0 unspecified atom stereocenters. The van der Waals surface area contributed by atoms with E-state index in [1.54, 1.807) is 12.1 Å². The maximum absolute atomic E-state index is 14.2. The molecule has 452 valence electrons. The zero-order valence-electron chi connectivity index (χ0n) is 50.2. The number of aliphatic imine (C=N–C) groups is 1. The fraction of sp³-hybridized carbons (Fsp3) is 0.500. The van der Waals surface area contributed by atoms with Crippen molar-refractivity contribution in [3.05, 3.63) is 139 Å². The summed E-state index contributed by atoms with van der Waals surface area (Å²) in [6.07, 6.45) is 23.2. The highest BCUT2D eigenvalue weighted by Crippen LogP contribution is 2.33. The predicted molar refractivity (Wildman–Crippen MR) is 331 cm³/mol. The standard InChI is InChI=1S/C70H91N3O11/c1-6-9-10-19-44-73(53(5)72-66-25-18-17-23-52(66)4)71-51-59-48-54(49-67(75)56-32-34-64(35-33-56)83-84-65-42-38-62(39-43-65)80-46-21-14-15-22-47-81-69(77)8-3)26-27-58(59)50-68(76)55-28-30-57(31-29-55)70(78)82-63-40-36-61(37-41-63)79-45-20-13-11-12-16-24-60(74)7-2/h7-8,17-18,23,25-27,36-43,48,51,55-57,64H,2-3,6,9-16,19-22,24,28-35,44-47,49-50H2,1,4-5H3/b71-51+,72-53?. The average molecular weight is 1150 g/mol. The minimum Gasteiger partial charge on any atom is -0.494 e. The summed E-state index contributed by atoms with van der Waals surface area (Å²) < 4.78 is 22.6. The first-order valence-electron chi connectivity index (χ1n) is 31.0. The van der Waals surface area contributed by atoms with Crippen LogP contribution in [-0.4, -0.2) is 78.8 Å². The van der Waals surface area contributed by atoms with Crippen molar-refractivity contribution in [2.45, 2.75) is 181 Å². The van der Waals surface area contributed by atoms with Crippen molar-refractivity contribution < 1.29 is 52.7 Å². The Morgan fingerprint density at radius 3 is 1.82 bits per heavy atom. The minimum absolute atomic E-state index is 0.0970. The smallest absolute Gasteiger partial charge is 0.330 e. The van der Waals surface area contributed by atoms with E-state index in [0.29, 0.717) is 101 Å². The molecule has 4 aromatic rings. The Morgan fingerprint density at radius 1 is 0.607 bits per heavy atom. The zero-order chi connectivity index (χ0) is 59.7. The van der Waals surface area contributed by atoms with Crippen molar-refractivity contribution in [1.29, 1.82) is 0 Å². The van der Waals surface area contributed by atoms with Crippen molar-refractivity contribution in [3.63, 3.8) is 0 Å². The van der Waals surface area contributed by atoms with Gasteiger partial charge in [0.15, 0.2) is 11.5 Å². The number of para-hydroxylation sites is 1. The summed E-state index contributed by atoms with van der Waals surface area (Å²) in [6, 6.07) is 28.5. The molecule has 0 heterocycles. The normalized spacial score (nSPS) is 17.0. The molecule has 0 aliphatic heterocycles. The number of hydrogen-bond acceptors (Lipinski definition) is 13. The maximum atomic E-state index is 14.2. The number of esters is 2. The van der Waals surface area contributed by atoms with Crippen LogP contribution < -0.4 is 19.1 Å². The molecule has 84 heavy (non-hydrogen) atoms. The Kier molecular flexibility index (Phi) is 29.2. The SMILES string of the molecule is C=CC(=O)CCCCCCCOc1ccc(OC(=O)C2CCC(C(=O)Cc3ccc(CC(=O)C4CCC(OOc5ccc(OCCCCCCOC(=O)C=C)cc5)CC4)cc3/C=N/N(CCCCCC)C(C)=Nc3ccccc3C)CC2)cc1. The quantitative estimate of drug-likeness (QED) is 0.00609. The van der Waals surface area contributed by atoms with E-state index < -0.39 is 5.97 Å². The van der Waals surface area contributed by atoms with Crippen LogP contribution in [0.2, 0.25) is 0 Å². The second-order valence-electron chi connectivity index (χ2n) is 22.4. The molecule has 0 atom stereocenters. The molecule has 6 rings (SSSR count). The lowest BCUT2D eigenvalue weighted by Gasteiger charge is -2.27. The van der Waals surface area contributed by atoms with Gasteiger partial charge in [0, 0.05) is 43.7 Å². The highest BCUT2D eigenvalue weighted by atomic mass is 17.2. The highest BCUT2D eigenvalue weighted by molar-refractivity contribution is 5.91. The Morgan fingerprint density at radius 2 is 1.18 bits per heavy atom. The summed E-state index contributed by atoms with van der Waals surface area (Å²) >= 11 is 0. The van der Waals surface area contributed by atoms with E-state index in [2.05, 4.69) is 20.1 Å². The maximum Gasteiger partial charge on any atom is 0.330 e. The molecular weight excluding hydrogens is 1060 g/mol. The fourth-order valence-corrected chi connectivity index (χ4v) is 10.6. The third-order valence-electron chi connectivity index (χ3n) is 15.9. The van der Waals surface area contributed by atoms with Gasteiger partial charge in [0.05, 0.1) is 37.6 Å². The van der Waals surface area contributed by atoms with Gasteiger partial charge in [-0.15, -0.1) is 0 Å². The van der Waals surface area contributed by atoms with Crippen molar-refractivity contribution in [1.82, 2.24) is 5.01 Å². The lowest BCUT2D eigenvalue weighted by Crippen LogP contribution is -2.29. The summed E-state index contributed by atoms with van der Waals surface area (Å²) in [4.78, 5) is 80.7. The van der Waals surface area contributed by atoms with E-state index in [1.807, 2.05) is 104 Å². The van der Waals surface area contributed by atoms with Crippen LogP contribution >= 0.6 is 0 Å². The first-order chi connectivity index (χ1) is 40.9. The van der Waals surface area contributed by atoms with Crippen molar-refractivity contribution in [3.8, 4) is 23.0 Å². The number of unbranched alkanes of at least 4 members (excludes halogenated alkanes) is 10. The molecule has 2 fully saturated rings. The van der Waals surface area contributed by atoms with E-state index in [4.69, 9.17) is 38.8 Å². The van der Waals surface area contributed by atoms with Gasteiger partial charge in [-0.3, -0.25) is 24.2 Å². The molecule has 0 spiro atoms. The van der Waals surface area contributed by atoms with Crippen LogP contribution in [0.25, 0.3) is 0 Å². The largest absolute Gasteiger partial charge is 0.494 e. The molecule has 0 aromatic heterocycles. The third-order valence-corrected chi connectivity index (χ3v) is 15.9. The number of amidine groups is 1. The Labute approximate surface area is 499 Å². The number of ether oxygens (including phenoxy) is 4. The van der Waals surface area contributed by atoms with Crippen LogP contribution in [0.1, 0.15) is 177 Å². The highest BCUT2D eigenvalue weighted by Gasteiger charge is 2.32. The van der Waals surface area contributed by atoms with E-state index in [0.717, 1.165) is 123 Å². The van der Waals surface area contributed by atoms with Crippen LogP contribution in [0.3, 0.4) is 0 Å². The fourth-order valence-electron chi connectivity index (χ4n) is 10.6. The summed E-state index contributed by atoms with van der Waals surface area (Å²) in [7, 11) is 0. The zero-order valence-corrected chi connectivity index (χ0v) is 50.2. The number of hydrogen-bond donors (Lipinski definition) is 0. The van der Waals surface area contributed by atoms with Gasteiger partial charge < -0.3 is 23.8 Å². The van der Waals surface area contributed by atoms with Gasteiger partial charge >= 0.3 is 11.9 Å². The Bertz CT molecular complexity index is 2750. The number of hydrazone groups is 1. The third kappa shape index (κ3) is 23.8. The van der Waals surface area contributed by atoms with Crippen LogP contribution in [-0.2, 0) is 46.4 Å². The van der Waals surface area contributed by atoms with Gasteiger partial charge in [-0.05, 0) is 199 Å². The number of nitrogens with zero attached hydrogens (tertiary/aromatic N) is 3. The van der Waals surface area contributed by atoms with Crippen molar-refractivity contribution in [2.75, 3.05) is 26.4 Å². The second-order valence-corrected chi connectivity index (χ2v) is 22.4. The molecule has 14 nitrogen and oxygen atoms in total. The van der Waals surface area contributed by atoms with Crippen LogP contribution in [0.15, 0.2) is 126 Å². The van der Waals surface area contributed by atoms with Crippen LogP contribution in [0.4, 0.5) is 5.69 Å². The van der Waals surface area contributed by atoms with Crippen molar-refractivity contribution in [2.24, 2.45) is 27.8 Å². The number of carbonyl (C=O) groups is 5. The molecule has 0 amide bonds. The van der Waals surface area contributed by atoms with E-state index in [1.165, 1.54) is 12.2 Å². The van der Waals surface area contributed by atoms with Gasteiger partial charge in [0.2, 0.25) is 0 Å². The van der Waals surface area contributed by atoms with E-state index in [-0.39, 0.29) is 60.0 Å². The van der Waals surface area contributed by atoms with Crippen molar-refractivity contribution >= 4 is 47.0 Å². The molecule has 2 aliphatic rings. The molecular formula is C70H91N3O11. The predicted octanol–water partition coefficient (Wildman–Crippen LogP) is 15.3. The van der Waals surface area contributed by atoms with E-state index in [9.17, 15) is 24.0 Å². The first kappa shape index (κ1) is 66.0. The lowest BCUT2D eigenvalue weighted by molar-refractivity contribution is -0.252. The monoisotopic (exact) mass is 1150 g/mol. The average Bonchev–Trinajstić information content (AvgIpc) is 3.72. The summed E-state index contributed by atoms with van der Waals surface area (Å²) in [6.45, 7) is 15.4. The molecule has 2 aliphatic carbocycles. The molecule has 14 heteroatoms. The molecule has 0 bridgehead atoms. The van der Waals surface area contributed by atoms with Crippen LogP contribution in [0.5, 0.6) is 23.0 Å². The molecule has 0 N–H and O–H groups in total. The van der Waals surface area contributed by atoms with Gasteiger partial charge in [-0.2, -0.15) is 9.99 Å². The summed E-state index contributed by atoms with van der Waals surface area (Å²) in [5, 5.41) is 7.01. The Balaban J connectivity index is 1.01. The first-order valence-corrected chi connectivity index (χ1v) is 31.0. The number of allylic oxidation sites excluding steroid dienone is 1. The number of carbonyl (C=O) groups excluding carboxylic acids is 5. The van der Waals surface area contributed by atoms with Gasteiger partial charge in [-0.25, -0.2) is 9.79 Å². The number of rotatable bonds is 38. The molecule has 2 saturated carbocycles. The van der Waals surface area contributed by atoms with Crippen LogP contribution in [0, 0.1) is 24.7 Å². The topological polar surface area (TPSA) is 169 Å². The van der Waals surface area contributed by atoms with Gasteiger partial charge in [0.1, 0.15) is 40.8 Å². The number of benzene rings is 4. The van der Waals surface area contributed by atoms with Gasteiger partial charge in [-0.1, -0.05) is 88.9 Å². The molecule has 4 aromatic carbocycles. The molecule has 0 saturated heterocycles. The van der Waals surface area contributed by atoms with Gasteiger partial charge in [0.25, 0.3) is 0 Å². The lowest BCUT2D eigenvalue weighted by atomic mass is 9.78. The second kappa shape index (κ2) is 37.2. The minimum atomic E-state index is -0.392.